The third kappa shape index (κ3) is 0.894. The fourth-order valence-corrected chi connectivity index (χ4v) is 3.03. The Bertz CT molecular complexity index is 376. The minimum atomic E-state index is 0.332. The number of nitrogens with one attached hydrogen (secondary N) is 1. The summed E-state index contributed by atoms with van der Waals surface area (Å²) < 4.78 is 0. The number of piperidine rings is 1. The molecule has 1 aromatic carbocycles. The van der Waals surface area contributed by atoms with Gasteiger partial charge >= 0.3 is 0 Å². The number of aromatic hydroxyl groups is 1. The molecule has 1 saturated carbocycles. The molecule has 3 rings (SSSR count). The van der Waals surface area contributed by atoms with Crippen LogP contribution in [-0.2, 0) is 5.41 Å². The average Bonchev–Trinajstić information content (AvgIpc) is 2.83. The van der Waals surface area contributed by atoms with Gasteiger partial charge < -0.3 is 10.4 Å². The highest BCUT2D eigenvalue weighted by molar-refractivity contribution is 5.42. The van der Waals surface area contributed by atoms with Crippen LogP contribution in [0.25, 0.3) is 0 Å². The normalized spacial score (nSPS) is 39.5. The van der Waals surface area contributed by atoms with E-state index in [4.69, 9.17) is 0 Å². The van der Waals surface area contributed by atoms with Crippen molar-refractivity contribution in [1.29, 1.82) is 0 Å². The van der Waals surface area contributed by atoms with Gasteiger partial charge in [-0.15, -0.1) is 0 Å². The standard InChI is InChI=1S/C12H15NO/c1-8-12(6-10(12)7-13-8)9-3-2-4-11(14)5-9/h2-5,8,10,13-14H,6-7H2,1H3. The summed E-state index contributed by atoms with van der Waals surface area (Å²) in [6, 6.07) is 8.30. The third-order valence-electron chi connectivity index (χ3n) is 3.98. The second-order valence-electron chi connectivity index (χ2n) is 4.62. The van der Waals surface area contributed by atoms with E-state index in [-0.39, 0.29) is 0 Å². The van der Waals surface area contributed by atoms with Gasteiger partial charge in [0.25, 0.3) is 0 Å². The van der Waals surface area contributed by atoms with Crippen molar-refractivity contribution in [3.05, 3.63) is 29.8 Å². The van der Waals surface area contributed by atoms with Crippen LogP contribution in [0.3, 0.4) is 0 Å². The van der Waals surface area contributed by atoms with Gasteiger partial charge in [-0.25, -0.2) is 0 Å². The van der Waals surface area contributed by atoms with Crippen LogP contribution < -0.4 is 5.32 Å². The predicted molar refractivity (Wildman–Crippen MR) is 55.4 cm³/mol. The smallest absolute Gasteiger partial charge is 0.115 e. The maximum atomic E-state index is 9.47. The second-order valence-corrected chi connectivity index (χ2v) is 4.62. The number of benzene rings is 1. The fraction of sp³-hybridized carbons (Fsp3) is 0.500. The van der Waals surface area contributed by atoms with Gasteiger partial charge in [0, 0.05) is 11.5 Å². The average molecular weight is 189 g/mol. The Kier molecular flexibility index (Phi) is 1.49. The van der Waals surface area contributed by atoms with Crippen molar-refractivity contribution >= 4 is 0 Å². The van der Waals surface area contributed by atoms with Crippen LogP contribution >= 0.6 is 0 Å². The van der Waals surface area contributed by atoms with E-state index in [1.807, 2.05) is 12.1 Å². The van der Waals surface area contributed by atoms with E-state index in [1.54, 1.807) is 6.07 Å². The first kappa shape index (κ1) is 8.30. The van der Waals surface area contributed by atoms with E-state index >= 15 is 0 Å². The minimum Gasteiger partial charge on any atom is -0.508 e. The summed E-state index contributed by atoms with van der Waals surface area (Å²) >= 11 is 0. The number of fused-ring (bicyclic) bond motifs is 1. The lowest BCUT2D eigenvalue weighted by molar-refractivity contribution is 0.469. The second kappa shape index (κ2) is 2.51. The molecular weight excluding hydrogens is 174 g/mol. The summed E-state index contributed by atoms with van der Waals surface area (Å²) in [7, 11) is 0. The van der Waals surface area contributed by atoms with Gasteiger partial charge in [-0.1, -0.05) is 12.1 Å². The molecule has 0 spiro atoms. The monoisotopic (exact) mass is 189 g/mol. The minimum absolute atomic E-state index is 0.332. The molecule has 0 radical (unpaired) electrons. The zero-order chi connectivity index (χ0) is 9.76. The van der Waals surface area contributed by atoms with Crippen molar-refractivity contribution in [1.82, 2.24) is 5.32 Å². The molecule has 0 aromatic heterocycles. The molecule has 2 heteroatoms. The van der Waals surface area contributed by atoms with E-state index < -0.39 is 0 Å². The van der Waals surface area contributed by atoms with Crippen molar-refractivity contribution < 1.29 is 5.11 Å². The Balaban J connectivity index is 2.03. The van der Waals surface area contributed by atoms with Crippen LogP contribution in [0.1, 0.15) is 18.9 Å². The van der Waals surface area contributed by atoms with E-state index in [1.165, 1.54) is 12.0 Å². The van der Waals surface area contributed by atoms with E-state index in [2.05, 4.69) is 18.3 Å². The summed E-state index contributed by atoms with van der Waals surface area (Å²) in [6.07, 6.45) is 1.28. The highest BCUT2D eigenvalue weighted by Crippen LogP contribution is 2.59. The number of rotatable bonds is 1. The molecule has 2 N–H and O–H groups in total. The van der Waals surface area contributed by atoms with Gasteiger partial charge in [0.2, 0.25) is 0 Å². The van der Waals surface area contributed by atoms with Gasteiger partial charge in [-0.2, -0.15) is 0 Å². The maximum absolute atomic E-state index is 9.47. The van der Waals surface area contributed by atoms with Crippen LogP contribution in [0.5, 0.6) is 5.75 Å². The Morgan fingerprint density at radius 3 is 2.93 bits per heavy atom. The summed E-state index contributed by atoms with van der Waals surface area (Å²) in [5.41, 5.74) is 1.64. The number of hydrogen-bond acceptors (Lipinski definition) is 2. The molecule has 2 aliphatic rings. The lowest BCUT2D eigenvalue weighted by Gasteiger charge is -2.20. The molecule has 1 aromatic rings. The van der Waals surface area contributed by atoms with Crippen LogP contribution in [0.4, 0.5) is 0 Å². The molecule has 2 nitrogen and oxygen atoms in total. The van der Waals surface area contributed by atoms with Crippen molar-refractivity contribution in [2.24, 2.45) is 5.92 Å². The molecule has 2 fully saturated rings. The predicted octanol–water partition coefficient (Wildman–Crippen LogP) is 1.64. The molecule has 3 atom stereocenters. The molecule has 14 heavy (non-hydrogen) atoms. The first-order chi connectivity index (χ1) is 6.73. The molecule has 1 aliphatic carbocycles. The van der Waals surface area contributed by atoms with Gasteiger partial charge in [0.15, 0.2) is 0 Å². The first-order valence-corrected chi connectivity index (χ1v) is 5.26. The molecule has 0 amide bonds. The largest absolute Gasteiger partial charge is 0.508 e. The zero-order valence-electron chi connectivity index (χ0n) is 8.33. The van der Waals surface area contributed by atoms with Crippen LogP contribution in [0, 0.1) is 5.92 Å². The summed E-state index contributed by atoms with van der Waals surface area (Å²) in [5.74, 6) is 1.18. The van der Waals surface area contributed by atoms with Gasteiger partial charge in [0.1, 0.15) is 5.75 Å². The number of phenolic OH excluding ortho intramolecular Hbond substituents is 1. The fourth-order valence-electron chi connectivity index (χ4n) is 3.03. The van der Waals surface area contributed by atoms with Crippen molar-refractivity contribution in [2.75, 3.05) is 6.54 Å². The van der Waals surface area contributed by atoms with Crippen LogP contribution in [0.15, 0.2) is 24.3 Å². The lowest BCUT2D eigenvalue weighted by atomic mass is 9.89. The molecule has 3 unspecified atom stereocenters. The summed E-state index contributed by atoms with van der Waals surface area (Å²) in [4.78, 5) is 0. The highest BCUT2D eigenvalue weighted by atomic mass is 16.3. The molecule has 74 valence electrons. The molecule has 1 aliphatic heterocycles. The van der Waals surface area contributed by atoms with E-state index in [0.717, 1.165) is 12.5 Å². The van der Waals surface area contributed by atoms with Crippen molar-refractivity contribution in [3.63, 3.8) is 0 Å². The van der Waals surface area contributed by atoms with Crippen LogP contribution in [-0.4, -0.2) is 17.7 Å². The van der Waals surface area contributed by atoms with Crippen LogP contribution in [0.2, 0.25) is 0 Å². The number of hydrogen-bond donors (Lipinski definition) is 2. The highest BCUT2D eigenvalue weighted by Gasteiger charge is 2.62. The molecule has 0 bridgehead atoms. The maximum Gasteiger partial charge on any atom is 0.115 e. The molecule has 1 heterocycles. The zero-order valence-corrected chi connectivity index (χ0v) is 8.33. The Morgan fingerprint density at radius 1 is 1.50 bits per heavy atom. The molecule has 1 saturated heterocycles. The number of phenols is 1. The third-order valence-corrected chi connectivity index (χ3v) is 3.98. The van der Waals surface area contributed by atoms with Gasteiger partial charge in [0.05, 0.1) is 0 Å². The van der Waals surface area contributed by atoms with E-state index in [0.29, 0.717) is 17.2 Å². The SMILES string of the molecule is CC1NCC2CC21c1cccc(O)c1. The Morgan fingerprint density at radius 2 is 2.36 bits per heavy atom. The van der Waals surface area contributed by atoms with Crippen molar-refractivity contribution in [3.8, 4) is 5.75 Å². The first-order valence-electron chi connectivity index (χ1n) is 5.26. The Labute approximate surface area is 84.0 Å². The quantitative estimate of drug-likeness (QED) is 0.704. The van der Waals surface area contributed by atoms with E-state index in [9.17, 15) is 5.11 Å². The lowest BCUT2D eigenvalue weighted by Crippen LogP contribution is -2.31. The molecular formula is C12H15NO. The van der Waals surface area contributed by atoms with Gasteiger partial charge in [-0.3, -0.25) is 0 Å². The summed E-state index contributed by atoms with van der Waals surface area (Å²) in [5, 5.41) is 13.0. The van der Waals surface area contributed by atoms with Gasteiger partial charge in [-0.05, 0) is 43.5 Å². The topological polar surface area (TPSA) is 32.3 Å². The van der Waals surface area contributed by atoms with Crippen molar-refractivity contribution in [2.45, 2.75) is 24.8 Å². The summed E-state index contributed by atoms with van der Waals surface area (Å²) in [6.45, 7) is 3.38. The Hall–Kier alpha value is -1.02.